The van der Waals surface area contributed by atoms with E-state index in [0.29, 0.717) is 6.61 Å². The van der Waals surface area contributed by atoms with Crippen LogP contribution in [0.4, 0.5) is 0 Å². The Hall–Kier alpha value is -0.500. The van der Waals surface area contributed by atoms with E-state index in [9.17, 15) is 0 Å². The van der Waals surface area contributed by atoms with Gasteiger partial charge in [-0.1, -0.05) is 207 Å². The lowest BCUT2D eigenvalue weighted by Gasteiger charge is -2.02. The molecule has 0 aromatic rings. The van der Waals surface area contributed by atoms with Crippen LogP contribution in [0.1, 0.15) is 207 Å². The van der Waals surface area contributed by atoms with Crippen molar-refractivity contribution in [2.45, 2.75) is 207 Å². The first-order valence-corrected chi connectivity index (χ1v) is 17.1. The van der Waals surface area contributed by atoms with Crippen LogP contribution in [0.15, 0.2) is 12.8 Å². The Bertz CT molecular complexity index is 284. The third kappa shape index (κ3) is 52.7. The van der Waals surface area contributed by atoms with E-state index >= 15 is 0 Å². The Balaban J connectivity index is -0.000000564. The molecule has 2 nitrogen and oxygen atoms in total. The van der Waals surface area contributed by atoms with Crippen LogP contribution in [0.3, 0.4) is 0 Å². The summed E-state index contributed by atoms with van der Waals surface area (Å²) in [5, 5.41) is 16.0. The predicted molar refractivity (Wildman–Crippen MR) is 171 cm³/mol. The number of hydrogen-bond acceptors (Lipinski definition) is 2. The van der Waals surface area contributed by atoms with Gasteiger partial charge >= 0.3 is 0 Å². The first kappa shape index (κ1) is 41.0. The molecule has 0 aromatic carbocycles. The number of aliphatic hydroxyl groups excluding tert-OH is 2. The highest BCUT2D eigenvalue weighted by Gasteiger charge is 1.94. The molecule has 2 heteroatoms. The molecule has 0 unspecified atom stereocenters. The van der Waals surface area contributed by atoms with Crippen molar-refractivity contribution in [3.8, 4) is 0 Å². The van der Waals surface area contributed by atoms with Crippen LogP contribution < -0.4 is 0 Å². The van der Waals surface area contributed by atoms with E-state index < -0.39 is 0 Å². The molecule has 0 aromatic heterocycles. The zero-order valence-electron chi connectivity index (χ0n) is 26.4. The molecule has 0 saturated carbocycles. The van der Waals surface area contributed by atoms with Gasteiger partial charge in [0.25, 0.3) is 0 Å². The maximum Gasteiger partial charge on any atom is 0.0719 e. The van der Waals surface area contributed by atoms with Crippen LogP contribution in [0, 0.1) is 0 Å². The smallest absolute Gasteiger partial charge is 0.0719 e. The molecule has 0 radical (unpaired) electrons. The van der Waals surface area contributed by atoms with E-state index in [0.717, 1.165) is 12.7 Å². The summed E-state index contributed by atoms with van der Waals surface area (Å²) in [5.74, 6) is 0. The molecule has 0 bridgehead atoms. The largest absolute Gasteiger partial charge is 0.516 e. The second-order valence-electron chi connectivity index (χ2n) is 11.1. The van der Waals surface area contributed by atoms with Crippen molar-refractivity contribution in [1.82, 2.24) is 0 Å². The minimum Gasteiger partial charge on any atom is -0.516 e. The van der Waals surface area contributed by atoms with Crippen molar-refractivity contribution in [3.05, 3.63) is 12.8 Å². The molecule has 0 aliphatic heterocycles. The molecule has 0 aliphatic rings. The Morgan fingerprint density at radius 2 is 0.486 bits per heavy atom. The van der Waals surface area contributed by atoms with Crippen LogP contribution in [0.25, 0.3) is 0 Å². The molecule has 0 atom stereocenters. The summed E-state index contributed by atoms with van der Waals surface area (Å²) < 4.78 is 0. The fraction of sp³-hybridized carbons (Fsp3) is 0.943. The van der Waals surface area contributed by atoms with E-state index in [2.05, 4.69) is 27.4 Å². The van der Waals surface area contributed by atoms with Gasteiger partial charge in [-0.25, -0.2) is 0 Å². The average molecular weight is 527 g/mol. The average Bonchev–Trinajstić information content (AvgIpc) is 2.90. The zero-order valence-corrected chi connectivity index (χ0v) is 26.4. The van der Waals surface area contributed by atoms with E-state index in [4.69, 9.17) is 10.2 Å². The number of hydrogen-bond donors (Lipinski definition) is 2. The summed E-state index contributed by atoms with van der Waals surface area (Å²) in [4.78, 5) is 0. The molecule has 0 aliphatic carbocycles. The van der Waals surface area contributed by atoms with Crippen molar-refractivity contribution >= 4 is 0 Å². The zero-order chi connectivity index (χ0) is 27.9. The molecule has 0 rings (SSSR count). The molecule has 2 N–H and O–H groups in total. The lowest BCUT2D eigenvalue weighted by molar-refractivity contribution is 0.282. The van der Waals surface area contributed by atoms with Gasteiger partial charge in [0, 0.05) is 6.61 Å². The monoisotopic (exact) mass is 527 g/mol. The highest BCUT2D eigenvalue weighted by Crippen LogP contribution is 2.14. The summed E-state index contributed by atoms with van der Waals surface area (Å²) in [7, 11) is 0. The number of rotatable bonds is 28. The van der Waals surface area contributed by atoms with E-state index in [-0.39, 0.29) is 0 Å². The van der Waals surface area contributed by atoms with Gasteiger partial charge in [0.05, 0.1) is 6.26 Å². The van der Waals surface area contributed by atoms with Gasteiger partial charge in [-0.2, -0.15) is 0 Å². The Morgan fingerprint density at radius 1 is 0.351 bits per heavy atom. The molecule has 0 amide bonds. The molecule has 0 saturated heterocycles. The standard InChI is InChI=1S/C17H36.C16H34O.C2H4O/c1-3-5-7-9-11-13-15-17-16-14-12-10-8-6-4-2;1-2-3-4-5-6-7-8-9-10-11-12-13-14-15-16-17;1-2-3/h3-17H2,1-2H3;17H,2-16H2,1H3;2-3H,1H2. The third-order valence-electron chi connectivity index (χ3n) is 7.22. The summed E-state index contributed by atoms with van der Waals surface area (Å²) in [5.41, 5.74) is 0. The van der Waals surface area contributed by atoms with Crippen molar-refractivity contribution in [3.63, 3.8) is 0 Å². The van der Waals surface area contributed by atoms with E-state index in [1.807, 2.05) is 0 Å². The minimum atomic E-state index is 0.373. The van der Waals surface area contributed by atoms with Crippen LogP contribution in [0.2, 0.25) is 0 Å². The van der Waals surface area contributed by atoms with Crippen LogP contribution in [-0.4, -0.2) is 16.8 Å². The van der Waals surface area contributed by atoms with Gasteiger partial charge in [0.2, 0.25) is 0 Å². The Morgan fingerprint density at radius 3 is 0.622 bits per heavy atom. The quantitative estimate of drug-likeness (QED) is 0.0785. The van der Waals surface area contributed by atoms with Crippen molar-refractivity contribution in [2.24, 2.45) is 0 Å². The minimum absolute atomic E-state index is 0.373. The van der Waals surface area contributed by atoms with Crippen LogP contribution in [0.5, 0.6) is 0 Å². The summed E-state index contributed by atoms with van der Waals surface area (Å²) >= 11 is 0. The third-order valence-corrected chi connectivity index (χ3v) is 7.22. The van der Waals surface area contributed by atoms with Gasteiger partial charge in [-0.3, -0.25) is 0 Å². The molecule has 37 heavy (non-hydrogen) atoms. The normalized spacial score (nSPS) is 10.4. The highest BCUT2D eigenvalue weighted by molar-refractivity contribution is 4.50. The van der Waals surface area contributed by atoms with Gasteiger partial charge in [-0.15, -0.1) is 0 Å². The first-order chi connectivity index (χ1) is 18.2. The van der Waals surface area contributed by atoms with Crippen LogP contribution >= 0.6 is 0 Å². The molecule has 0 fully saturated rings. The first-order valence-electron chi connectivity index (χ1n) is 17.1. The summed E-state index contributed by atoms with van der Waals surface area (Å²) in [6, 6.07) is 0. The Labute approximate surface area is 236 Å². The molecular formula is C35H74O2. The predicted octanol–water partition coefficient (Wildman–Crippen LogP) is 13.0. The van der Waals surface area contributed by atoms with Gasteiger partial charge in [0.15, 0.2) is 0 Å². The van der Waals surface area contributed by atoms with Gasteiger partial charge in [0.1, 0.15) is 0 Å². The molecule has 0 heterocycles. The van der Waals surface area contributed by atoms with Gasteiger partial charge in [-0.05, 0) is 6.42 Å². The van der Waals surface area contributed by atoms with Crippen molar-refractivity contribution < 1.29 is 10.2 Å². The van der Waals surface area contributed by atoms with Crippen LogP contribution in [-0.2, 0) is 0 Å². The summed E-state index contributed by atoms with van der Waals surface area (Å²) in [6.07, 6.45) is 41.9. The fourth-order valence-electron chi connectivity index (χ4n) is 4.75. The van der Waals surface area contributed by atoms with Crippen molar-refractivity contribution in [1.29, 1.82) is 0 Å². The number of aliphatic hydroxyl groups is 2. The SMILES string of the molecule is C=CO.CCCCCCCCCCCCCCCCC.CCCCCCCCCCCCCCCCO. The highest BCUT2D eigenvalue weighted by atomic mass is 16.3. The Kier molecular flexibility index (Phi) is 50.3. The molecule has 226 valence electrons. The number of unbranched alkanes of at least 4 members (excludes halogenated alkanes) is 27. The maximum absolute atomic E-state index is 8.64. The second-order valence-corrected chi connectivity index (χ2v) is 11.1. The van der Waals surface area contributed by atoms with Crippen molar-refractivity contribution in [2.75, 3.05) is 6.61 Å². The lowest BCUT2D eigenvalue weighted by atomic mass is 10.0. The topological polar surface area (TPSA) is 40.5 Å². The van der Waals surface area contributed by atoms with Gasteiger partial charge < -0.3 is 10.2 Å². The van der Waals surface area contributed by atoms with E-state index in [1.54, 1.807) is 0 Å². The maximum atomic E-state index is 8.64. The summed E-state index contributed by atoms with van der Waals surface area (Å²) in [6.45, 7) is 10.2. The van der Waals surface area contributed by atoms with E-state index in [1.165, 1.54) is 180 Å². The lowest BCUT2D eigenvalue weighted by Crippen LogP contribution is -1.84. The molecular weight excluding hydrogens is 452 g/mol. The second kappa shape index (κ2) is 45.4. The fourth-order valence-corrected chi connectivity index (χ4v) is 4.75. The molecule has 0 spiro atoms.